The fourth-order valence-electron chi connectivity index (χ4n) is 5.52. The third-order valence-corrected chi connectivity index (χ3v) is 8.11. The molecule has 2 fully saturated rings. The summed E-state index contributed by atoms with van der Waals surface area (Å²) < 4.78 is 6.27. The molecule has 2 aromatic heterocycles. The van der Waals surface area contributed by atoms with E-state index in [-0.39, 0.29) is 17.6 Å². The zero-order valence-electron chi connectivity index (χ0n) is 18.8. The monoisotopic (exact) mass is 522 g/mol. The lowest BCUT2D eigenvalue weighted by molar-refractivity contribution is -0.142. The Bertz CT molecular complexity index is 1210. The highest BCUT2D eigenvalue weighted by Gasteiger charge is 2.40. The Balaban J connectivity index is 1.20. The Kier molecular flexibility index (Phi) is 6.57. The minimum absolute atomic E-state index is 0.149. The number of nitriles is 1. The predicted molar refractivity (Wildman–Crippen MR) is 132 cm³/mol. The number of rotatable bonds is 6. The number of nitrogens with one attached hydrogen (secondary N) is 1. The Hall–Kier alpha value is -2.89. The zero-order valence-corrected chi connectivity index (χ0v) is 20.4. The molecule has 34 heavy (non-hydrogen) atoms. The summed E-state index contributed by atoms with van der Waals surface area (Å²) in [5.41, 5.74) is 1.80. The second kappa shape index (κ2) is 9.77. The molecule has 0 radical (unpaired) electrons. The topological polar surface area (TPSA) is 102 Å². The molecule has 1 saturated heterocycles. The van der Waals surface area contributed by atoms with Gasteiger partial charge in [-0.3, -0.25) is 9.69 Å². The van der Waals surface area contributed by atoms with Crippen LogP contribution in [-0.4, -0.2) is 46.1 Å². The molecule has 0 spiro atoms. The number of anilines is 1. The molecule has 2 atom stereocenters. The van der Waals surface area contributed by atoms with E-state index in [0.717, 1.165) is 54.3 Å². The molecule has 8 heteroatoms. The van der Waals surface area contributed by atoms with Gasteiger partial charge in [-0.15, -0.1) is 0 Å². The SMILES string of the molecule is N#Cc1cc2c(Br)c(NC3CCC(N4C[C@@H](Cc5ccccc5)[C@H](C(=O)O)C4)CC3)ncc2o1. The summed E-state index contributed by atoms with van der Waals surface area (Å²) in [6.07, 6.45) is 6.54. The summed E-state index contributed by atoms with van der Waals surface area (Å²) >= 11 is 3.61. The average Bonchev–Trinajstić information content (AvgIpc) is 3.47. The van der Waals surface area contributed by atoms with Crippen LogP contribution in [0.5, 0.6) is 0 Å². The summed E-state index contributed by atoms with van der Waals surface area (Å²) in [6, 6.07) is 14.7. The standard InChI is InChI=1S/C26H27BrN4O3/c27-24-21-11-20(12-28)34-23(21)13-29-25(24)30-18-6-8-19(9-7-18)31-14-17(22(15-31)26(32)33)10-16-4-2-1-3-5-16/h1-5,11,13,17-19,22H,6-10,14-15H2,(H,29,30)(H,32,33)/t17-,18?,19?,22-/m1/s1. The second-order valence-electron chi connectivity index (χ2n) is 9.42. The molecule has 2 N–H and O–H groups in total. The van der Waals surface area contributed by atoms with E-state index in [2.05, 4.69) is 43.3 Å². The van der Waals surface area contributed by atoms with Crippen LogP contribution in [-0.2, 0) is 11.2 Å². The number of carbonyl (C=O) groups is 1. The number of hydrogen-bond acceptors (Lipinski definition) is 6. The number of halogens is 1. The molecular weight excluding hydrogens is 496 g/mol. The second-order valence-corrected chi connectivity index (χ2v) is 10.2. The van der Waals surface area contributed by atoms with Crippen LogP contribution in [0.3, 0.4) is 0 Å². The molecule has 3 aromatic rings. The smallest absolute Gasteiger partial charge is 0.308 e. The first-order chi connectivity index (χ1) is 16.5. The van der Waals surface area contributed by atoms with Crippen molar-refractivity contribution in [1.29, 1.82) is 5.26 Å². The van der Waals surface area contributed by atoms with Crippen LogP contribution in [0.25, 0.3) is 11.0 Å². The average molecular weight is 523 g/mol. The van der Waals surface area contributed by atoms with Crippen LogP contribution < -0.4 is 5.32 Å². The largest absolute Gasteiger partial charge is 0.481 e. The number of carboxylic acids is 1. The molecule has 7 nitrogen and oxygen atoms in total. The fraction of sp³-hybridized carbons (Fsp3) is 0.423. The van der Waals surface area contributed by atoms with Crippen LogP contribution in [0.1, 0.15) is 37.0 Å². The number of likely N-dealkylation sites (tertiary alicyclic amines) is 1. The van der Waals surface area contributed by atoms with Gasteiger partial charge in [0.15, 0.2) is 5.58 Å². The first-order valence-electron chi connectivity index (χ1n) is 11.8. The van der Waals surface area contributed by atoms with Crippen molar-refractivity contribution in [3.05, 3.63) is 58.4 Å². The number of carboxylic acid groups (broad SMARTS) is 1. The van der Waals surface area contributed by atoms with E-state index >= 15 is 0 Å². The first kappa shape index (κ1) is 22.9. The number of hydrogen-bond donors (Lipinski definition) is 2. The third kappa shape index (κ3) is 4.68. The van der Waals surface area contributed by atoms with Crippen LogP contribution >= 0.6 is 15.9 Å². The van der Waals surface area contributed by atoms with Crippen LogP contribution in [0.15, 0.2) is 51.5 Å². The maximum atomic E-state index is 12.0. The van der Waals surface area contributed by atoms with Crippen molar-refractivity contribution in [3.8, 4) is 6.07 Å². The summed E-state index contributed by atoms with van der Waals surface area (Å²) in [6.45, 7) is 1.49. The summed E-state index contributed by atoms with van der Waals surface area (Å²) in [5.74, 6) is 0.193. The first-order valence-corrected chi connectivity index (χ1v) is 12.6. The van der Waals surface area contributed by atoms with E-state index in [0.29, 0.717) is 24.2 Å². The summed E-state index contributed by atoms with van der Waals surface area (Å²) in [4.78, 5) is 18.9. The predicted octanol–water partition coefficient (Wildman–Crippen LogP) is 5.06. The van der Waals surface area contributed by atoms with E-state index in [1.165, 1.54) is 5.56 Å². The summed E-state index contributed by atoms with van der Waals surface area (Å²) in [5, 5.41) is 23.3. The Morgan fingerprint density at radius 2 is 2.00 bits per heavy atom. The van der Waals surface area contributed by atoms with Gasteiger partial charge in [0.25, 0.3) is 0 Å². The minimum atomic E-state index is -0.677. The van der Waals surface area contributed by atoms with Gasteiger partial charge in [0.05, 0.1) is 16.6 Å². The fourth-order valence-corrected chi connectivity index (χ4v) is 6.05. The molecule has 1 aromatic carbocycles. The number of furan rings is 1. The van der Waals surface area contributed by atoms with Gasteiger partial charge in [-0.1, -0.05) is 30.3 Å². The van der Waals surface area contributed by atoms with Crippen molar-refractivity contribution in [3.63, 3.8) is 0 Å². The van der Waals surface area contributed by atoms with E-state index in [1.54, 1.807) is 12.3 Å². The number of benzene rings is 1. The van der Waals surface area contributed by atoms with Crippen LogP contribution in [0, 0.1) is 23.2 Å². The molecule has 1 saturated carbocycles. The van der Waals surface area contributed by atoms with E-state index in [4.69, 9.17) is 9.68 Å². The van der Waals surface area contributed by atoms with Crippen molar-refractivity contribution in [2.45, 2.75) is 44.2 Å². The van der Waals surface area contributed by atoms with E-state index in [9.17, 15) is 9.90 Å². The lowest BCUT2D eigenvalue weighted by Crippen LogP contribution is -2.40. The van der Waals surface area contributed by atoms with Gasteiger partial charge in [0.1, 0.15) is 11.9 Å². The molecule has 0 amide bonds. The summed E-state index contributed by atoms with van der Waals surface area (Å²) in [7, 11) is 0. The van der Waals surface area contributed by atoms with Gasteiger partial charge in [-0.25, -0.2) is 4.98 Å². The molecule has 0 bridgehead atoms. The highest BCUT2D eigenvalue weighted by atomic mass is 79.9. The number of aromatic nitrogens is 1. The number of aliphatic carboxylic acids is 1. The van der Waals surface area contributed by atoms with Crippen LogP contribution in [0.4, 0.5) is 5.82 Å². The van der Waals surface area contributed by atoms with Crippen molar-refractivity contribution in [1.82, 2.24) is 9.88 Å². The molecule has 3 heterocycles. The number of nitrogens with zero attached hydrogens (tertiary/aromatic N) is 3. The highest BCUT2D eigenvalue weighted by Crippen LogP contribution is 2.36. The zero-order chi connectivity index (χ0) is 23.7. The number of pyridine rings is 1. The molecule has 1 aliphatic heterocycles. The van der Waals surface area contributed by atoms with E-state index in [1.807, 2.05) is 24.3 Å². The maximum Gasteiger partial charge on any atom is 0.308 e. The molecule has 5 rings (SSSR count). The van der Waals surface area contributed by atoms with Gasteiger partial charge < -0.3 is 14.8 Å². The molecular formula is C26H27BrN4O3. The molecule has 0 unspecified atom stereocenters. The van der Waals surface area contributed by atoms with Gasteiger partial charge in [0.2, 0.25) is 5.76 Å². The maximum absolute atomic E-state index is 12.0. The van der Waals surface area contributed by atoms with E-state index < -0.39 is 5.97 Å². The van der Waals surface area contributed by atoms with Crippen molar-refractivity contribution < 1.29 is 14.3 Å². The molecule has 1 aliphatic carbocycles. The van der Waals surface area contributed by atoms with Crippen LogP contribution in [0.2, 0.25) is 0 Å². The Labute approximate surface area is 206 Å². The lowest BCUT2D eigenvalue weighted by atomic mass is 9.89. The van der Waals surface area contributed by atoms with Crippen molar-refractivity contribution in [2.24, 2.45) is 11.8 Å². The van der Waals surface area contributed by atoms with Gasteiger partial charge in [0, 0.05) is 36.6 Å². The highest BCUT2D eigenvalue weighted by molar-refractivity contribution is 9.10. The van der Waals surface area contributed by atoms with Crippen molar-refractivity contribution in [2.75, 3.05) is 18.4 Å². The lowest BCUT2D eigenvalue weighted by Gasteiger charge is -2.35. The van der Waals surface area contributed by atoms with Crippen molar-refractivity contribution >= 4 is 38.7 Å². The van der Waals surface area contributed by atoms with Gasteiger partial charge in [-0.05, 0) is 59.5 Å². The minimum Gasteiger partial charge on any atom is -0.481 e. The normalized spacial score (nSPS) is 25.3. The quantitative estimate of drug-likeness (QED) is 0.466. The van der Waals surface area contributed by atoms with Gasteiger partial charge in [-0.2, -0.15) is 5.26 Å². The molecule has 2 aliphatic rings. The third-order valence-electron chi connectivity index (χ3n) is 7.31. The molecule has 176 valence electrons. The Morgan fingerprint density at radius 1 is 1.24 bits per heavy atom. The van der Waals surface area contributed by atoms with Gasteiger partial charge >= 0.3 is 5.97 Å². The number of fused-ring (bicyclic) bond motifs is 1. The Morgan fingerprint density at radius 3 is 2.71 bits per heavy atom.